The molecule has 0 unspecified atom stereocenters. The maximum Gasteiger partial charge on any atom is 0.337 e. The van der Waals surface area contributed by atoms with Gasteiger partial charge >= 0.3 is 5.97 Å². The summed E-state index contributed by atoms with van der Waals surface area (Å²) in [7, 11) is 1.33. The van der Waals surface area contributed by atoms with Crippen molar-refractivity contribution in [2.75, 3.05) is 18.2 Å². The number of benzene rings is 1. The molecule has 4 nitrogen and oxygen atoms in total. The van der Waals surface area contributed by atoms with E-state index in [1.165, 1.54) is 26.4 Å². The SMILES string of the molecule is COC(=O)c1cc(N)c(NC2CCCCC2)c(Cl)c1. The summed E-state index contributed by atoms with van der Waals surface area (Å²) >= 11 is 6.20. The fourth-order valence-corrected chi connectivity index (χ4v) is 2.75. The highest BCUT2D eigenvalue weighted by atomic mass is 35.5. The highest BCUT2D eigenvalue weighted by molar-refractivity contribution is 6.34. The van der Waals surface area contributed by atoms with E-state index in [2.05, 4.69) is 10.1 Å². The number of carbonyl (C=O) groups excluding carboxylic acids is 1. The largest absolute Gasteiger partial charge is 0.465 e. The number of halogens is 1. The van der Waals surface area contributed by atoms with Gasteiger partial charge in [-0.3, -0.25) is 0 Å². The van der Waals surface area contributed by atoms with Crippen molar-refractivity contribution in [1.82, 2.24) is 0 Å². The van der Waals surface area contributed by atoms with E-state index in [9.17, 15) is 4.79 Å². The van der Waals surface area contributed by atoms with Gasteiger partial charge in [0.15, 0.2) is 0 Å². The summed E-state index contributed by atoms with van der Waals surface area (Å²) in [6, 6.07) is 3.61. The van der Waals surface area contributed by atoms with Crippen LogP contribution in [0.4, 0.5) is 11.4 Å². The molecule has 5 heteroatoms. The quantitative estimate of drug-likeness (QED) is 0.658. The molecule has 1 aliphatic rings. The highest BCUT2D eigenvalue weighted by Gasteiger charge is 2.17. The van der Waals surface area contributed by atoms with E-state index in [-0.39, 0.29) is 0 Å². The second-order valence-electron chi connectivity index (χ2n) is 4.89. The average molecular weight is 283 g/mol. The van der Waals surface area contributed by atoms with Crippen molar-refractivity contribution >= 4 is 28.9 Å². The number of anilines is 2. The number of nitrogen functional groups attached to an aromatic ring is 1. The molecular weight excluding hydrogens is 264 g/mol. The van der Waals surface area contributed by atoms with Crippen LogP contribution in [-0.2, 0) is 4.74 Å². The summed E-state index contributed by atoms with van der Waals surface area (Å²) in [5, 5.41) is 3.86. The van der Waals surface area contributed by atoms with Crippen LogP contribution in [0, 0.1) is 0 Å². The van der Waals surface area contributed by atoms with Gasteiger partial charge in [-0.15, -0.1) is 0 Å². The fraction of sp³-hybridized carbons (Fsp3) is 0.500. The van der Waals surface area contributed by atoms with Crippen molar-refractivity contribution in [2.45, 2.75) is 38.1 Å². The van der Waals surface area contributed by atoms with Gasteiger partial charge in [-0.25, -0.2) is 4.79 Å². The normalized spacial score (nSPS) is 16.1. The van der Waals surface area contributed by atoms with Crippen molar-refractivity contribution in [2.24, 2.45) is 0 Å². The van der Waals surface area contributed by atoms with Crippen LogP contribution in [0.1, 0.15) is 42.5 Å². The van der Waals surface area contributed by atoms with Gasteiger partial charge in [0.2, 0.25) is 0 Å². The third-order valence-electron chi connectivity index (χ3n) is 3.50. The Morgan fingerprint density at radius 2 is 2.05 bits per heavy atom. The molecule has 1 fully saturated rings. The predicted molar refractivity (Wildman–Crippen MR) is 77.7 cm³/mol. The Morgan fingerprint density at radius 3 is 2.63 bits per heavy atom. The first-order chi connectivity index (χ1) is 9.11. The summed E-state index contributed by atoms with van der Waals surface area (Å²) < 4.78 is 4.66. The Bertz CT molecular complexity index is 448. The van der Waals surface area contributed by atoms with Crippen LogP contribution >= 0.6 is 11.6 Å². The van der Waals surface area contributed by atoms with Crippen LogP contribution in [-0.4, -0.2) is 19.1 Å². The van der Waals surface area contributed by atoms with Gasteiger partial charge in [-0.2, -0.15) is 0 Å². The molecule has 3 N–H and O–H groups in total. The fourth-order valence-electron chi connectivity index (χ4n) is 2.47. The molecule has 19 heavy (non-hydrogen) atoms. The van der Waals surface area contributed by atoms with Crippen LogP contribution < -0.4 is 11.1 Å². The molecule has 1 saturated carbocycles. The number of rotatable bonds is 3. The van der Waals surface area contributed by atoms with E-state index in [4.69, 9.17) is 17.3 Å². The lowest BCUT2D eigenvalue weighted by molar-refractivity contribution is 0.0601. The first-order valence-electron chi connectivity index (χ1n) is 6.55. The number of nitrogens with one attached hydrogen (secondary N) is 1. The summed E-state index contributed by atoms with van der Waals surface area (Å²) in [5.41, 5.74) is 7.56. The molecule has 104 valence electrons. The van der Waals surface area contributed by atoms with E-state index in [0.717, 1.165) is 18.5 Å². The van der Waals surface area contributed by atoms with E-state index < -0.39 is 5.97 Å². The van der Waals surface area contributed by atoms with Crippen LogP contribution in [0.5, 0.6) is 0 Å². The third-order valence-corrected chi connectivity index (χ3v) is 3.79. The molecule has 0 aliphatic heterocycles. The molecule has 0 atom stereocenters. The van der Waals surface area contributed by atoms with Crippen LogP contribution in [0.15, 0.2) is 12.1 Å². The number of nitrogens with two attached hydrogens (primary N) is 1. The van der Waals surface area contributed by atoms with Gasteiger partial charge in [0.25, 0.3) is 0 Å². The minimum Gasteiger partial charge on any atom is -0.465 e. The number of hydrogen-bond donors (Lipinski definition) is 2. The first-order valence-corrected chi connectivity index (χ1v) is 6.93. The zero-order chi connectivity index (χ0) is 13.8. The van der Waals surface area contributed by atoms with Crippen LogP contribution in [0.2, 0.25) is 5.02 Å². The number of hydrogen-bond acceptors (Lipinski definition) is 4. The van der Waals surface area contributed by atoms with Gasteiger partial charge in [-0.05, 0) is 25.0 Å². The number of carbonyl (C=O) groups is 1. The van der Waals surface area contributed by atoms with E-state index in [0.29, 0.717) is 22.3 Å². The molecule has 0 saturated heterocycles. The lowest BCUT2D eigenvalue weighted by atomic mass is 9.95. The minimum atomic E-state index is -0.433. The van der Waals surface area contributed by atoms with Crippen LogP contribution in [0.3, 0.4) is 0 Å². The zero-order valence-electron chi connectivity index (χ0n) is 11.0. The molecule has 0 spiro atoms. The summed E-state index contributed by atoms with van der Waals surface area (Å²) in [6.45, 7) is 0. The van der Waals surface area contributed by atoms with Crippen molar-refractivity contribution in [3.8, 4) is 0 Å². The zero-order valence-corrected chi connectivity index (χ0v) is 11.8. The Morgan fingerprint density at radius 1 is 1.37 bits per heavy atom. The van der Waals surface area contributed by atoms with Crippen molar-refractivity contribution in [3.63, 3.8) is 0 Å². The summed E-state index contributed by atoms with van der Waals surface area (Å²) in [6.07, 6.45) is 6.02. The van der Waals surface area contributed by atoms with E-state index in [1.807, 2.05) is 0 Å². The molecule has 0 amide bonds. The molecular formula is C14H19ClN2O2. The maximum absolute atomic E-state index is 11.5. The second-order valence-corrected chi connectivity index (χ2v) is 5.30. The lowest BCUT2D eigenvalue weighted by Crippen LogP contribution is -2.23. The van der Waals surface area contributed by atoms with Gasteiger partial charge in [0.05, 0.1) is 29.1 Å². The van der Waals surface area contributed by atoms with Crippen LogP contribution in [0.25, 0.3) is 0 Å². The Balaban J connectivity index is 2.18. The molecule has 2 rings (SSSR count). The Hall–Kier alpha value is -1.42. The molecule has 0 aromatic heterocycles. The molecule has 0 bridgehead atoms. The minimum absolute atomic E-state index is 0.374. The summed E-state index contributed by atoms with van der Waals surface area (Å²) in [4.78, 5) is 11.5. The average Bonchev–Trinajstić information content (AvgIpc) is 2.43. The van der Waals surface area contributed by atoms with Crippen molar-refractivity contribution in [1.29, 1.82) is 0 Å². The molecule has 1 aliphatic carbocycles. The smallest absolute Gasteiger partial charge is 0.337 e. The predicted octanol–water partition coefficient (Wildman–Crippen LogP) is 3.45. The maximum atomic E-state index is 11.5. The van der Waals surface area contributed by atoms with Crippen molar-refractivity contribution < 1.29 is 9.53 Å². The van der Waals surface area contributed by atoms with E-state index in [1.54, 1.807) is 12.1 Å². The molecule has 0 radical (unpaired) electrons. The molecule has 1 aromatic rings. The third kappa shape index (κ3) is 3.32. The first kappa shape index (κ1) is 14.0. The van der Waals surface area contributed by atoms with Gasteiger partial charge in [-0.1, -0.05) is 30.9 Å². The molecule has 0 heterocycles. The number of esters is 1. The van der Waals surface area contributed by atoms with Crippen molar-refractivity contribution in [3.05, 3.63) is 22.7 Å². The topological polar surface area (TPSA) is 64.3 Å². The molecule has 1 aromatic carbocycles. The Labute approximate surface area is 118 Å². The second kappa shape index (κ2) is 6.15. The lowest BCUT2D eigenvalue weighted by Gasteiger charge is -2.25. The monoisotopic (exact) mass is 282 g/mol. The highest BCUT2D eigenvalue weighted by Crippen LogP contribution is 2.33. The van der Waals surface area contributed by atoms with Gasteiger partial charge in [0.1, 0.15) is 0 Å². The number of ether oxygens (including phenoxy) is 1. The van der Waals surface area contributed by atoms with E-state index >= 15 is 0 Å². The Kier molecular flexibility index (Phi) is 4.53. The van der Waals surface area contributed by atoms with Gasteiger partial charge < -0.3 is 15.8 Å². The standard InChI is InChI=1S/C14H19ClN2O2/c1-19-14(18)9-7-11(15)13(12(16)8-9)17-10-5-3-2-4-6-10/h7-8,10,17H,2-6,16H2,1H3. The summed E-state index contributed by atoms with van der Waals surface area (Å²) in [5.74, 6) is -0.433. The number of methoxy groups -OCH3 is 1. The van der Waals surface area contributed by atoms with Gasteiger partial charge in [0, 0.05) is 6.04 Å².